The van der Waals surface area contributed by atoms with Crippen LogP contribution in [0.15, 0.2) is 41.3 Å². The summed E-state index contributed by atoms with van der Waals surface area (Å²) in [4.78, 5) is 12.7. The molecule has 1 saturated heterocycles. The minimum Gasteiger partial charge on any atom is -0.493 e. The van der Waals surface area contributed by atoms with Gasteiger partial charge in [0.05, 0.1) is 36.7 Å². The highest BCUT2D eigenvalue weighted by molar-refractivity contribution is 7.89. The van der Waals surface area contributed by atoms with E-state index in [2.05, 4.69) is 0 Å². The lowest BCUT2D eigenvalue weighted by Crippen LogP contribution is -2.52. The fraction of sp³-hybridized carbons (Fsp3) is 0.409. The number of fused-ring (bicyclic) bond motifs is 1. The number of hydrogen-bond donors (Lipinski definition) is 0. The van der Waals surface area contributed by atoms with Gasteiger partial charge in [-0.05, 0) is 24.3 Å². The fourth-order valence-electron chi connectivity index (χ4n) is 4.27. The van der Waals surface area contributed by atoms with Gasteiger partial charge in [-0.15, -0.1) is 0 Å². The molecule has 2 aliphatic rings. The smallest absolute Gasteiger partial charge is 0.419 e. The molecule has 0 N–H and O–H groups in total. The van der Waals surface area contributed by atoms with Crippen LogP contribution in [-0.2, 0) is 16.2 Å². The van der Waals surface area contributed by atoms with Crippen LogP contribution in [0.3, 0.4) is 0 Å². The number of rotatable bonds is 4. The number of para-hydroxylation sites is 1. The van der Waals surface area contributed by atoms with Crippen molar-refractivity contribution in [1.29, 1.82) is 0 Å². The highest BCUT2D eigenvalue weighted by atomic mass is 32.2. The molecule has 2 aliphatic heterocycles. The second kappa shape index (κ2) is 8.21. The average molecular weight is 485 g/mol. The fourth-order valence-corrected chi connectivity index (χ4v) is 5.73. The first-order valence-electron chi connectivity index (χ1n) is 10.2. The number of methoxy groups -OCH3 is 2. The van der Waals surface area contributed by atoms with Gasteiger partial charge in [0.25, 0.3) is 0 Å². The van der Waals surface area contributed by atoms with Crippen LogP contribution in [0.1, 0.15) is 35.2 Å². The number of hydrogen-bond acceptors (Lipinski definition) is 6. The maximum absolute atomic E-state index is 13.5. The number of piperidine rings is 1. The Hall–Kier alpha value is -2.79. The van der Waals surface area contributed by atoms with E-state index in [4.69, 9.17) is 14.2 Å². The lowest BCUT2D eigenvalue weighted by Gasteiger charge is -2.44. The van der Waals surface area contributed by atoms with Crippen molar-refractivity contribution in [1.82, 2.24) is 4.31 Å². The molecule has 33 heavy (non-hydrogen) atoms. The van der Waals surface area contributed by atoms with E-state index in [9.17, 15) is 26.4 Å². The van der Waals surface area contributed by atoms with Gasteiger partial charge in [-0.25, -0.2) is 8.42 Å². The molecule has 7 nitrogen and oxygen atoms in total. The number of alkyl halides is 3. The number of ether oxygens (including phenoxy) is 3. The Balaban J connectivity index is 1.58. The molecule has 0 aromatic heterocycles. The number of carbonyl (C=O) groups is 1. The van der Waals surface area contributed by atoms with Gasteiger partial charge in [-0.1, -0.05) is 6.07 Å². The summed E-state index contributed by atoms with van der Waals surface area (Å²) >= 11 is 0. The summed E-state index contributed by atoms with van der Waals surface area (Å²) in [6, 6.07) is 7.60. The molecule has 178 valence electrons. The van der Waals surface area contributed by atoms with Crippen LogP contribution in [0.2, 0.25) is 0 Å². The summed E-state index contributed by atoms with van der Waals surface area (Å²) in [7, 11) is -1.08. The lowest BCUT2D eigenvalue weighted by atomic mass is 9.82. The predicted octanol–water partition coefficient (Wildman–Crippen LogP) is 3.91. The monoisotopic (exact) mass is 485 g/mol. The number of Topliss-reactive ketones (excluding diaryl/α,β-unsaturated/α-hetero) is 1. The zero-order valence-electron chi connectivity index (χ0n) is 17.9. The number of halogens is 3. The maximum atomic E-state index is 13.5. The second-order valence-corrected chi connectivity index (χ2v) is 9.92. The van der Waals surface area contributed by atoms with Crippen LogP contribution in [0.4, 0.5) is 13.2 Å². The van der Waals surface area contributed by atoms with Crippen LogP contribution in [0.25, 0.3) is 0 Å². The topological polar surface area (TPSA) is 82.1 Å². The third-order valence-electron chi connectivity index (χ3n) is 6.05. The SMILES string of the molecule is COc1ccc(S(=O)(=O)N2CCC3(CC2)CC(=O)c2cccc(C(F)(F)F)c2O3)cc1OC. The van der Waals surface area contributed by atoms with Crippen LogP contribution in [-0.4, -0.2) is 51.4 Å². The molecule has 0 radical (unpaired) electrons. The Morgan fingerprint density at radius 1 is 1.03 bits per heavy atom. The first-order valence-corrected chi connectivity index (χ1v) is 11.6. The number of carbonyl (C=O) groups excluding carboxylic acids is 1. The highest BCUT2D eigenvalue weighted by Gasteiger charge is 2.48. The second-order valence-electron chi connectivity index (χ2n) is 7.99. The molecular weight excluding hydrogens is 463 g/mol. The molecule has 11 heteroatoms. The lowest BCUT2D eigenvalue weighted by molar-refractivity contribution is -0.140. The Morgan fingerprint density at radius 2 is 1.70 bits per heavy atom. The molecule has 0 saturated carbocycles. The Bertz CT molecular complexity index is 1190. The van der Waals surface area contributed by atoms with Crippen LogP contribution in [0.5, 0.6) is 17.2 Å². The Kier molecular flexibility index (Phi) is 5.81. The van der Waals surface area contributed by atoms with Crippen molar-refractivity contribution in [2.24, 2.45) is 0 Å². The van der Waals surface area contributed by atoms with E-state index in [0.29, 0.717) is 5.75 Å². The zero-order chi connectivity index (χ0) is 24.0. The quantitative estimate of drug-likeness (QED) is 0.653. The number of sulfonamides is 1. The third kappa shape index (κ3) is 4.15. The first kappa shape index (κ1) is 23.4. The number of benzene rings is 2. The molecule has 2 aromatic rings. The van der Waals surface area contributed by atoms with E-state index in [1.807, 2.05) is 0 Å². The molecule has 2 heterocycles. The van der Waals surface area contributed by atoms with Crippen molar-refractivity contribution >= 4 is 15.8 Å². The maximum Gasteiger partial charge on any atom is 0.419 e. The number of nitrogens with zero attached hydrogens (tertiary/aromatic N) is 1. The van der Waals surface area contributed by atoms with Gasteiger partial charge in [0.15, 0.2) is 17.3 Å². The van der Waals surface area contributed by atoms with Gasteiger partial charge in [0.2, 0.25) is 10.0 Å². The summed E-state index contributed by atoms with van der Waals surface area (Å²) in [5, 5.41) is 0. The van der Waals surface area contributed by atoms with Crippen LogP contribution < -0.4 is 14.2 Å². The molecule has 2 aromatic carbocycles. The van der Waals surface area contributed by atoms with Crippen molar-refractivity contribution < 1.29 is 40.6 Å². The van der Waals surface area contributed by atoms with Gasteiger partial charge >= 0.3 is 6.18 Å². The molecule has 0 aliphatic carbocycles. The largest absolute Gasteiger partial charge is 0.493 e. The van der Waals surface area contributed by atoms with Crippen molar-refractivity contribution in [3.63, 3.8) is 0 Å². The van der Waals surface area contributed by atoms with E-state index in [0.717, 1.165) is 6.07 Å². The van der Waals surface area contributed by atoms with Gasteiger partial charge in [-0.2, -0.15) is 17.5 Å². The van der Waals surface area contributed by atoms with Crippen LogP contribution >= 0.6 is 0 Å². The standard InChI is InChI=1S/C22H22F3NO6S/c1-30-18-7-6-14(12-19(18)31-2)33(28,29)26-10-8-21(9-11-26)13-17(27)15-4-3-5-16(20(15)32-21)22(23,24)25/h3-7,12H,8-11,13H2,1-2H3. The van der Waals surface area contributed by atoms with Crippen molar-refractivity contribution in [3.8, 4) is 17.2 Å². The van der Waals surface area contributed by atoms with Gasteiger partial charge in [-0.3, -0.25) is 4.79 Å². The van der Waals surface area contributed by atoms with E-state index in [1.165, 1.54) is 48.9 Å². The first-order chi connectivity index (χ1) is 15.5. The summed E-state index contributed by atoms with van der Waals surface area (Å²) in [5.74, 6) is -0.289. The van der Waals surface area contributed by atoms with Crippen molar-refractivity contribution in [2.45, 2.75) is 35.9 Å². The Morgan fingerprint density at radius 3 is 2.30 bits per heavy atom. The van der Waals surface area contributed by atoms with Crippen molar-refractivity contribution in [2.75, 3.05) is 27.3 Å². The zero-order valence-corrected chi connectivity index (χ0v) is 18.8. The normalized spacial score (nSPS) is 18.5. The van der Waals surface area contributed by atoms with Crippen molar-refractivity contribution in [3.05, 3.63) is 47.5 Å². The van der Waals surface area contributed by atoms with Crippen LogP contribution in [0, 0.1) is 0 Å². The molecule has 1 spiro atoms. The molecule has 0 atom stereocenters. The van der Waals surface area contributed by atoms with Gasteiger partial charge in [0.1, 0.15) is 11.4 Å². The predicted molar refractivity (Wildman–Crippen MR) is 111 cm³/mol. The average Bonchev–Trinajstić information content (AvgIpc) is 2.77. The highest BCUT2D eigenvalue weighted by Crippen LogP contribution is 2.46. The summed E-state index contributed by atoms with van der Waals surface area (Å²) < 4.78 is 84.1. The molecule has 0 unspecified atom stereocenters. The van der Waals surface area contributed by atoms with E-state index in [1.54, 1.807) is 0 Å². The van der Waals surface area contributed by atoms with Gasteiger partial charge < -0.3 is 14.2 Å². The molecular formula is C22H22F3NO6S. The van der Waals surface area contributed by atoms with E-state index < -0.39 is 38.9 Å². The van der Waals surface area contributed by atoms with E-state index >= 15 is 0 Å². The number of ketones is 1. The van der Waals surface area contributed by atoms with E-state index in [-0.39, 0.29) is 48.6 Å². The molecule has 1 fully saturated rings. The Labute approximate surface area is 189 Å². The summed E-state index contributed by atoms with van der Waals surface area (Å²) in [5.41, 5.74) is -2.29. The van der Waals surface area contributed by atoms with Gasteiger partial charge in [0, 0.05) is 32.0 Å². The molecule has 0 amide bonds. The molecule has 0 bridgehead atoms. The third-order valence-corrected chi connectivity index (χ3v) is 7.94. The molecule has 4 rings (SSSR count). The summed E-state index contributed by atoms with van der Waals surface area (Å²) in [6.07, 6.45) is -4.62. The minimum atomic E-state index is -4.68. The minimum absolute atomic E-state index is 0.00134. The summed E-state index contributed by atoms with van der Waals surface area (Å²) in [6.45, 7) is -0.0129.